The Morgan fingerprint density at radius 2 is 2.05 bits per heavy atom. The van der Waals surface area contributed by atoms with Crippen molar-refractivity contribution in [3.8, 4) is 11.5 Å². The Morgan fingerprint density at radius 1 is 1.27 bits per heavy atom. The molecule has 22 heavy (non-hydrogen) atoms. The van der Waals surface area contributed by atoms with Crippen LogP contribution in [-0.4, -0.2) is 37.6 Å². The van der Waals surface area contributed by atoms with E-state index >= 15 is 0 Å². The lowest BCUT2D eigenvalue weighted by Crippen LogP contribution is -2.08. The van der Waals surface area contributed by atoms with Gasteiger partial charge in [0.1, 0.15) is 11.5 Å². The maximum Gasteiger partial charge on any atom is 0.307 e. The number of hydrogen-bond donors (Lipinski definition) is 0. The molecule has 6 heteroatoms. The van der Waals surface area contributed by atoms with Gasteiger partial charge in [-0.15, -0.1) is 0 Å². The zero-order chi connectivity index (χ0) is 16.1. The molecule has 0 N–H and O–H groups in total. The van der Waals surface area contributed by atoms with Crippen LogP contribution < -0.4 is 9.47 Å². The van der Waals surface area contributed by atoms with Crippen molar-refractivity contribution in [2.24, 2.45) is 0 Å². The first kappa shape index (κ1) is 15.9. The third-order valence-corrected chi connectivity index (χ3v) is 3.39. The van der Waals surface area contributed by atoms with E-state index in [1.807, 2.05) is 10.6 Å². The van der Waals surface area contributed by atoms with Crippen molar-refractivity contribution in [3.63, 3.8) is 0 Å². The van der Waals surface area contributed by atoms with Gasteiger partial charge in [0, 0.05) is 30.4 Å². The second-order valence-corrected chi connectivity index (χ2v) is 4.67. The standard InChI is InChI=1S/C16H19NO5/c1-4-22-15(19)5-6-17-9-11(10-18)16-13(17)7-12(20-2)8-14(16)21-3/h7-10H,4-6H2,1-3H3. The van der Waals surface area contributed by atoms with Gasteiger partial charge in [0.15, 0.2) is 6.29 Å². The van der Waals surface area contributed by atoms with E-state index in [4.69, 9.17) is 14.2 Å². The monoisotopic (exact) mass is 305 g/mol. The molecule has 0 aliphatic heterocycles. The maximum absolute atomic E-state index is 11.5. The van der Waals surface area contributed by atoms with Crippen molar-refractivity contribution in [1.29, 1.82) is 0 Å². The molecule has 0 aliphatic rings. The van der Waals surface area contributed by atoms with E-state index in [-0.39, 0.29) is 12.4 Å². The molecule has 2 rings (SSSR count). The van der Waals surface area contributed by atoms with Crippen LogP contribution >= 0.6 is 0 Å². The molecule has 2 aromatic rings. The highest BCUT2D eigenvalue weighted by Gasteiger charge is 2.15. The summed E-state index contributed by atoms with van der Waals surface area (Å²) >= 11 is 0. The van der Waals surface area contributed by atoms with Gasteiger partial charge < -0.3 is 18.8 Å². The normalized spacial score (nSPS) is 10.5. The number of aromatic nitrogens is 1. The Bertz CT molecular complexity index is 689. The van der Waals surface area contributed by atoms with Crippen LogP contribution in [-0.2, 0) is 16.1 Å². The number of esters is 1. The summed E-state index contributed by atoms with van der Waals surface area (Å²) in [5, 5.41) is 0.710. The van der Waals surface area contributed by atoms with Crippen molar-refractivity contribution in [1.82, 2.24) is 4.57 Å². The number of carbonyl (C=O) groups excluding carboxylic acids is 2. The fourth-order valence-electron chi connectivity index (χ4n) is 2.39. The van der Waals surface area contributed by atoms with Gasteiger partial charge in [0.05, 0.1) is 38.2 Å². The lowest BCUT2D eigenvalue weighted by Gasteiger charge is -2.09. The lowest BCUT2D eigenvalue weighted by atomic mass is 10.1. The summed E-state index contributed by atoms with van der Waals surface area (Å²) in [6.45, 7) is 2.54. The average Bonchev–Trinajstić information content (AvgIpc) is 2.90. The first-order chi connectivity index (χ1) is 10.6. The molecular weight excluding hydrogens is 286 g/mol. The van der Waals surface area contributed by atoms with Crippen LogP contribution in [0.2, 0.25) is 0 Å². The minimum Gasteiger partial charge on any atom is -0.497 e. The first-order valence-corrected chi connectivity index (χ1v) is 7.00. The molecule has 0 amide bonds. The van der Waals surface area contributed by atoms with Crippen LogP contribution in [0.3, 0.4) is 0 Å². The highest BCUT2D eigenvalue weighted by atomic mass is 16.5. The van der Waals surface area contributed by atoms with Crippen LogP contribution in [0.1, 0.15) is 23.7 Å². The van der Waals surface area contributed by atoms with Gasteiger partial charge in [-0.3, -0.25) is 9.59 Å². The van der Waals surface area contributed by atoms with Crippen molar-refractivity contribution in [2.75, 3.05) is 20.8 Å². The molecular formula is C16H19NO5. The summed E-state index contributed by atoms with van der Waals surface area (Å²) < 4.78 is 17.4. The molecule has 0 radical (unpaired) electrons. The number of nitrogens with zero attached hydrogens (tertiary/aromatic N) is 1. The number of ether oxygens (including phenoxy) is 3. The van der Waals surface area contributed by atoms with E-state index in [0.29, 0.717) is 35.6 Å². The average molecular weight is 305 g/mol. The summed E-state index contributed by atoms with van der Waals surface area (Å²) in [5.41, 5.74) is 1.29. The predicted molar refractivity (Wildman–Crippen MR) is 81.7 cm³/mol. The lowest BCUT2D eigenvalue weighted by molar-refractivity contribution is -0.143. The number of aldehydes is 1. The van der Waals surface area contributed by atoms with E-state index in [9.17, 15) is 9.59 Å². The van der Waals surface area contributed by atoms with Crippen molar-refractivity contribution in [3.05, 3.63) is 23.9 Å². The van der Waals surface area contributed by atoms with Crippen LogP contribution in [0.25, 0.3) is 10.9 Å². The zero-order valence-corrected chi connectivity index (χ0v) is 12.9. The van der Waals surface area contributed by atoms with Gasteiger partial charge in [-0.1, -0.05) is 0 Å². The summed E-state index contributed by atoms with van der Waals surface area (Å²) in [5.74, 6) is 0.912. The Morgan fingerprint density at radius 3 is 2.64 bits per heavy atom. The number of hydrogen-bond acceptors (Lipinski definition) is 5. The number of methoxy groups -OCH3 is 2. The number of rotatable bonds is 7. The number of benzene rings is 1. The fourth-order valence-corrected chi connectivity index (χ4v) is 2.39. The minimum absolute atomic E-state index is 0.232. The Hall–Kier alpha value is -2.50. The van der Waals surface area contributed by atoms with E-state index in [1.54, 1.807) is 33.4 Å². The molecule has 0 fully saturated rings. The highest BCUT2D eigenvalue weighted by Crippen LogP contribution is 2.34. The van der Waals surface area contributed by atoms with Crippen LogP contribution in [0.4, 0.5) is 0 Å². The maximum atomic E-state index is 11.5. The van der Waals surface area contributed by atoms with Crippen LogP contribution in [0, 0.1) is 0 Å². The molecule has 0 unspecified atom stereocenters. The van der Waals surface area contributed by atoms with Gasteiger partial charge >= 0.3 is 5.97 Å². The number of aryl methyl sites for hydroxylation is 1. The Labute approximate surface area is 128 Å². The van der Waals surface area contributed by atoms with Crippen molar-refractivity contribution in [2.45, 2.75) is 19.9 Å². The predicted octanol–water partition coefficient (Wildman–Crippen LogP) is 2.42. The minimum atomic E-state index is -0.271. The topological polar surface area (TPSA) is 66.8 Å². The van der Waals surface area contributed by atoms with E-state index in [0.717, 1.165) is 11.8 Å². The van der Waals surface area contributed by atoms with Gasteiger partial charge in [-0.05, 0) is 6.92 Å². The molecule has 0 aliphatic carbocycles. The van der Waals surface area contributed by atoms with E-state index in [2.05, 4.69) is 0 Å². The van der Waals surface area contributed by atoms with Crippen LogP contribution in [0.15, 0.2) is 18.3 Å². The van der Waals surface area contributed by atoms with Gasteiger partial charge in [0.25, 0.3) is 0 Å². The third kappa shape index (κ3) is 3.05. The molecule has 118 valence electrons. The van der Waals surface area contributed by atoms with Gasteiger partial charge in [0.2, 0.25) is 0 Å². The molecule has 1 aromatic carbocycles. The molecule has 0 saturated heterocycles. The Kier molecular flexibility index (Phi) is 5.04. The second kappa shape index (κ2) is 6.98. The molecule has 1 heterocycles. The molecule has 1 aromatic heterocycles. The quantitative estimate of drug-likeness (QED) is 0.580. The molecule has 0 atom stereocenters. The first-order valence-electron chi connectivity index (χ1n) is 7.00. The van der Waals surface area contributed by atoms with Crippen molar-refractivity contribution < 1.29 is 23.8 Å². The summed E-state index contributed by atoms with van der Waals surface area (Å²) in [6, 6.07) is 3.54. The summed E-state index contributed by atoms with van der Waals surface area (Å²) in [6.07, 6.45) is 2.71. The van der Waals surface area contributed by atoms with Crippen molar-refractivity contribution >= 4 is 23.2 Å². The second-order valence-electron chi connectivity index (χ2n) is 4.67. The summed E-state index contributed by atoms with van der Waals surface area (Å²) in [4.78, 5) is 22.8. The SMILES string of the molecule is CCOC(=O)CCn1cc(C=O)c2c(OC)cc(OC)cc21. The van der Waals surface area contributed by atoms with Gasteiger partial charge in [-0.25, -0.2) is 0 Å². The largest absolute Gasteiger partial charge is 0.497 e. The number of fused-ring (bicyclic) bond motifs is 1. The Balaban J connectivity index is 2.45. The number of carbonyl (C=O) groups is 2. The summed E-state index contributed by atoms with van der Waals surface area (Å²) in [7, 11) is 3.10. The highest BCUT2D eigenvalue weighted by molar-refractivity contribution is 6.02. The molecule has 6 nitrogen and oxygen atoms in total. The van der Waals surface area contributed by atoms with E-state index in [1.165, 1.54) is 0 Å². The van der Waals surface area contributed by atoms with Crippen LogP contribution in [0.5, 0.6) is 11.5 Å². The molecule has 0 spiro atoms. The molecule has 0 bridgehead atoms. The smallest absolute Gasteiger partial charge is 0.307 e. The zero-order valence-electron chi connectivity index (χ0n) is 12.9. The third-order valence-electron chi connectivity index (χ3n) is 3.39. The van der Waals surface area contributed by atoms with Gasteiger partial charge in [-0.2, -0.15) is 0 Å². The van der Waals surface area contributed by atoms with E-state index < -0.39 is 0 Å². The molecule has 0 saturated carbocycles. The fraction of sp³-hybridized carbons (Fsp3) is 0.375.